The summed E-state index contributed by atoms with van der Waals surface area (Å²) in [5, 5.41) is 17.0. The second kappa shape index (κ2) is 3.36. The summed E-state index contributed by atoms with van der Waals surface area (Å²) in [4.78, 5) is 22.6. The lowest BCUT2D eigenvalue weighted by atomic mass is 10.2. The third-order valence-electron chi connectivity index (χ3n) is 1.59. The average molecular weight is 171 g/mol. The van der Waals surface area contributed by atoms with E-state index >= 15 is 0 Å². The highest BCUT2D eigenvalue weighted by atomic mass is 16.4. The largest absolute Gasteiger partial charge is 0.478 e. The molecular weight excluding hydrogens is 162 g/mol. The van der Waals surface area contributed by atoms with Gasteiger partial charge in [-0.15, -0.1) is 0 Å². The number of aliphatic hydroxyl groups is 1. The predicted octanol–water partition coefficient (Wildman–Crippen LogP) is -0.820. The van der Waals surface area contributed by atoms with Crippen LogP contribution >= 0.6 is 0 Å². The van der Waals surface area contributed by atoms with E-state index in [4.69, 9.17) is 10.2 Å². The summed E-state index contributed by atoms with van der Waals surface area (Å²) in [5.74, 6) is -1.36. The van der Waals surface area contributed by atoms with Crippen molar-refractivity contribution < 1.29 is 19.8 Å². The molecule has 5 nitrogen and oxygen atoms in total. The summed E-state index contributed by atoms with van der Waals surface area (Å²) < 4.78 is 0. The fourth-order valence-corrected chi connectivity index (χ4v) is 0.998. The smallest absolute Gasteiger partial charge is 0.333 e. The van der Waals surface area contributed by atoms with E-state index in [-0.39, 0.29) is 31.1 Å². The first kappa shape index (κ1) is 8.73. The Morgan fingerprint density at radius 3 is 2.75 bits per heavy atom. The van der Waals surface area contributed by atoms with Crippen LogP contribution in [0.3, 0.4) is 0 Å². The standard InChI is InChI=1S/C7H9NO4/c9-2-1-8-4-5(7(11)12)3-6(8)10/h4,9H,1-3H2,(H,11,12). The maximum Gasteiger partial charge on any atom is 0.333 e. The van der Waals surface area contributed by atoms with Crippen molar-refractivity contribution in [3.8, 4) is 0 Å². The van der Waals surface area contributed by atoms with Crippen molar-refractivity contribution in [1.29, 1.82) is 0 Å². The molecule has 0 saturated heterocycles. The van der Waals surface area contributed by atoms with Gasteiger partial charge in [0.1, 0.15) is 0 Å². The normalized spacial score (nSPS) is 16.6. The molecule has 1 amide bonds. The van der Waals surface area contributed by atoms with Gasteiger partial charge < -0.3 is 15.1 Å². The molecule has 1 aliphatic heterocycles. The SMILES string of the molecule is O=C(O)C1=CN(CCO)C(=O)C1. The molecule has 66 valence electrons. The number of rotatable bonds is 3. The molecular formula is C7H9NO4. The van der Waals surface area contributed by atoms with Crippen molar-refractivity contribution in [2.24, 2.45) is 0 Å². The molecule has 0 atom stereocenters. The topological polar surface area (TPSA) is 77.8 Å². The van der Waals surface area contributed by atoms with Crippen LogP contribution in [0.1, 0.15) is 6.42 Å². The van der Waals surface area contributed by atoms with Gasteiger partial charge >= 0.3 is 5.97 Å². The van der Waals surface area contributed by atoms with Gasteiger partial charge in [-0.2, -0.15) is 0 Å². The highest BCUT2D eigenvalue weighted by Gasteiger charge is 2.24. The summed E-state index contributed by atoms with van der Waals surface area (Å²) in [5.41, 5.74) is 0.0773. The Balaban J connectivity index is 2.66. The van der Waals surface area contributed by atoms with Gasteiger partial charge in [0.25, 0.3) is 0 Å². The Morgan fingerprint density at radius 2 is 2.33 bits per heavy atom. The molecule has 1 heterocycles. The van der Waals surface area contributed by atoms with Crippen molar-refractivity contribution in [2.45, 2.75) is 6.42 Å². The number of hydrogen-bond acceptors (Lipinski definition) is 3. The number of β-amino-alcohol motifs (C(OH)–C–C–N with tert-alkyl or cyclic N) is 1. The Bertz CT molecular complexity index is 246. The van der Waals surface area contributed by atoms with Crippen LogP contribution < -0.4 is 0 Å². The van der Waals surface area contributed by atoms with Crippen molar-refractivity contribution in [2.75, 3.05) is 13.2 Å². The Hall–Kier alpha value is -1.36. The minimum Gasteiger partial charge on any atom is -0.478 e. The van der Waals surface area contributed by atoms with Crippen LogP contribution in [0.25, 0.3) is 0 Å². The van der Waals surface area contributed by atoms with E-state index in [0.29, 0.717) is 0 Å². The van der Waals surface area contributed by atoms with E-state index in [0.717, 1.165) is 0 Å². The molecule has 0 aromatic carbocycles. The molecule has 0 unspecified atom stereocenters. The first-order valence-corrected chi connectivity index (χ1v) is 3.49. The second-order valence-corrected chi connectivity index (χ2v) is 2.45. The van der Waals surface area contributed by atoms with Gasteiger partial charge in [0.15, 0.2) is 0 Å². The molecule has 1 rings (SSSR count). The molecule has 0 radical (unpaired) electrons. The maximum absolute atomic E-state index is 11.0. The highest BCUT2D eigenvalue weighted by molar-refractivity contribution is 5.97. The zero-order valence-corrected chi connectivity index (χ0v) is 6.36. The molecule has 0 saturated carbocycles. The Labute approximate surface area is 68.9 Å². The van der Waals surface area contributed by atoms with E-state index in [2.05, 4.69) is 0 Å². The lowest BCUT2D eigenvalue weighted by Crippen LogP contribution is -2.24. The van der Waals surface area contributed by atoms with Crippen molar-refractivity contribution >= 4 is 11.9 Å². The van der Waals surface area contributed by atoms with Crippen molar-refractivity contribution in [3.05, 3.63) is 11.8 Å². The quantitative estimate of drug-likeness (QED) is 0.581. The minimum absolute atomic E-state index is 0.0741. The van der Waals surface area contributed by atoms with Crippen LogP contribution in [-0.2, 0) is 9.59 Å². The molecule has 0 aliphatic carbocycles. The molecule has 12 heavy (non-hydrogen) atoms. The summed E-state index contributed by atoms with van der Waals surface area (Å²) >= 11 is 0. The fourth-order valence-electron chi connectivity index (χ4n) is 0.998. The number of carboxylic acid groups (broad SMARTS) is 1. The summed E-state index contributed by atoms with van der Waals surface area (Å²) in [6.07, 6.45) is 1.19. The lowest BCUT2D eigenvalue weighted by molar-refractivity contribution is -0.134. The molecule has 0 bridgehead atoms. The zero-order chi connectivity index (χ0) is 9.14. The number of carbonyl (C=O) groups excluding carboxylic acids is 1. The van der Waals surface area contributed by atoms with Gasteiger partial charge in [-0.25, -0.2) is 4.79 Å². The van der Waals surface area contributed by atoms with E-state index in [9.17, 15) is 9.59 Å². The number of aliphatic carboxylic acids is 1. The van der Waals surface area contributed by atoms with Crippen LogP contribution in [0.2, 0.25) is 0 Å². The van der Waals surface area contributed by atoms with E-state index < -0.39 is 5.97 Å². The number of carbonyl (C=O) groups is 2. The number of aliphatic hydroxyl groups excluding tert-OH is 1. The first-order chi connectivity index (χ1) is 5.65. The number of carboxylic acids is 1. The zero-order valence-electron chi connectivity index (χ0n) is 6.36. The first-order valence-electron chi connectivity index (χ1n) is 3.49. The van der Waals surface area contributed by atoms with E-state index in [1.807, 2.05) is 0 Å². The van der Waals surface area contributed by atoms with Gasteiger partial charge in [0.05, 0.1) is 18.6 Å². The van der Waals surface area contributed by atoms with Gasteiger partial charge in [-0.3, -0.25) is 4.79 Å². The number of hydrogen-bond donors (Lipinski definition) is 2. The molecule has 0 fully saturated rings. The van der Waals surface area contributed by atoms with Crippen LogP contribution in [0.4, 0.5) is 0 Å². The molecule has 2 N–H and O–H groups in total. The Kier molecular flexibility index (Phi) is 2.44. The monoisotopic (exact) mass is 171 g/mol. The van der Waals surface area contributed by atoms with E-state index in [1.54, 1.807) is 0 Å². The molecule has 5 heteroatoms. The van der Waals surface area contributed by atoms with Crippen molar-refractivity contribution in [3.63, 3.8) is 0 Å². The van der Waals surface area contributed by atoms with Crippen LogP contribution in [0, 0.1) is 0 Å². The van der Waals surface area contributed by atoms with Crippen LogP contribution in [-0.4, -0.2) is 40.1 Å². The summed E-state index contributed by atoms with van der Waals surface area (Å²) in [6.45, 7) is 0.00471. The predicted molar refractivity (Wildman–Crippen MR) is 39.1 cm³/mol. The highest BCUT2D eigenvalue weighted by Crippen LogP contribution is 2.14. The number of amides is 1. The maximum atomic E-state index is 11.0. The van der Waals surface area contributed by atoms with Gasteiger partial charge in [0.2, 0.25) is 5.91 Å². The summed E-state index contributed by atoms with van der Waals surface area (Å²) in [6, 6.07) is 0. The van der Waals surface area contributed by atoms with E-state index in [1.165, 1.54) is 11.1 Å². The number of nitrogens with zero attached hydrogens (tertiary/aromatic N) is 1. The van der Waals surface area contributed by atoms with Gasteiger partial charge in [0, 0.05) is 12.7 Å². The van der Waals surface area contributed by atoms with Crippen molar-refractivity contribution in [1.82, 2.24) is 4.90 Å². The third-order valence-corrected chi connectivity index (χ3v) is 1.59. The fraction of sp³-hybridized carbons (Fsp3) is 0.429. The second-order valence-electron chi connectivity index (χ2n) is 2.45. The van der Waals surface area contributed by atoms with Gasteiger partial charge in [-0.1, -0.05) is 0 Å². The molecule has 1 aliphatic rings. The lowest BCUT2D eigenvalue weighted by Gasteiger charge is -2.09. The molecule has 0 aromatic rings. The van der Waals surface area contributed by atoms with Crippen LogP contribution in [0.15, 0.2) is 11.8 Å². The Morgan fingerprint density at radius 1 is 1.67 bits per heavy atom. The average Bonchev–Trinajstić information content (AvgIpc) is 2.34. The van der Waals surface area contributed by atoms with Crippen LogP contribution in [0.5, 0.6) is 0 Å². The third kappa shape index (κ3) is 1.62. The van der Waals surface area contributed by atoms with Gasteiger partial charge in [-0.05, 0) is 0 Å². The minimum atomic E-state index is -1.08. The molecule has 0 spiro atoms. The summed E-state index contributed by atoms with van der Waals surface area (Å²) in [7, 11) is 0. The molecule has 0 aromatic heterocycles.